The lowest BCUT2D eigenvalue weighted by Gasteiger charge is -2.18. The van der Waals surface area contributed by atoms with Gasteiger partial charge in [0.1, 0.15) is 5.03 Å². The minimum absolute atomic E-state index is 0.247. The molecule has 6 nitrogen and oxygen atoms in total. The maximum atomic E-state index is 12.5. The number of nitrogens with one attached hydrogen (secondary N) is 1. The molecule has 2 heterocycles. The predicted octanol–water partition coefficient (Wildman–Crippen LogP) is 4.52. The first-order valence-corrected chi connectivity index (χ1v) is 9.32. The lowest BCUT2D eigenvalue weighted by atomic mass is 10.2. The van der Waals surface area contributed by atoms with E-state index in [1.54, 1.807) is 13.2 Å². The van der Waals surface area contributed by atoms with Gasteiger partial charge < -0.3 is 14.8 Å². The molecule has 2 aromatic rings. The Morgan fingerprint density at radius 1 is 1.32 bits per heavy atom. The van der Waals surface area contributed by atoms with Crippen LogP contribution in [0.3, 0.4) is 0 Å². The number of hydrogen-bond donors (Lipinski definition) is 1. The minimum atomic E-state index is -0.421. The molecule has 0 bridgehead atoms. The summed E-state index contributed by atoms with van der Waals surface area (Å²) in [7, 11) is 1.56. The predicted molar refractivity (Wildman–Crippen MR) is 99.9 cm³/mol. The van der Waals surface area contributed by atoms with E-state index < -0.39 is 12.2 Å². The van der Waals surface area contributed by atoms with E-state index >= 15 is 0 Å². The molecule has 1 amide bonds. The highest BCUT2D eigenvalue weighted by Gasteiger charge is 2.17. The molecule has 0 aromatic carbocycles. The molecule has 0 saturated carbocycles. The third-order valence-corrected chi connectivity index (χ3v) is 4.49. The van der Waals surface area contributed by atoms with E-state index in [1.165, 1.54) is 30.4 Å². The van der Waals surface area contributed by atoms with Crippen LogP contribution >= 0.6 is 35.0 Å². The second-order valence-electron chi connectivity index (χ2n) is 4.86. The number of thioether (sulfide) groups is 1. The Bertz CT molecular complexity index is 737. The van der Waals surface area contributed by atoms with E-state index in [9.17, 15) is 4.79 Å². The second-order valence-corrected chi connectivity index (χ2v) is 6.46. The third kappa shape index (κ3) is 4.98. The summed E-state index contributed by atoms with van der Waals surface area (Å²) in [4.78, 5) is 20.6. The van der Waals surface area contributed by atoms with Gasteiger partial charge in [-0.25, -0.2) is 4.98 Å². The van der Waals surface area contributed by atoms with E-state index in [1.807, 2.05) is 13.2 Å². The van der Waals surface area contributed by atoms with Crippen LogP contribution in [0.25, 0.3) is 0 Å². The average Bonchev–Trinajstić information content (AvgIpc) is 2.62. The topological polar surface area (TPSA) is 73.3 Å². The molecule has 134 valence electrons. The van der Waals surface area contributed by atoms with Crippen LogP contribution in [0, 0.1) is 0 Å². The highest BCUT2D eigenvalue weighted by atomic mass is 35.5. The van der Waals surface area contributed by atoms with Crippen molar-refractivity contribution in [2.75, 3.05) is 18.7 Å². The highest BCUT2D eigenvalue weighted by Crippen LogP contribution is 2.31. The lowest BCUT2D eigenvalue weighted by molar-refractivity contribution is -0.0567. The zero-order chi connectivity index (χ0) is 18.4. The van der Waals surface area contributed by atoms with Crippen molar-refractivity contribution in [2.45, 2.75) is 24.7 Å². The quantitative estimate of drug-likeness (QED) is 0.542. The van der Waals surface area contributed by atoms with Crippen molar-refractivity contribution in [3.8, 4) is 5.75 Å². The van der Waals surface area contributed by atoms with Gasteiger partial charge in [0, 0.05) is 32.1 Å². The van der Waals surface area contributed by atoms with Crippen molar-refractivity contribution in [1.29, 1.82) is 0 Å². The van der Waals surface area contributed by atoms with E-state index in [4.69, 9.17) is 32.7 Å². The molecule has 25 heavy (non-hydrogen) atoms. The fourth-order valence-electron chi connectivity index (χ4n) is 1.95. The molecular weight excluding hydrogens is 385 g/mol. The van der Waals surface area contributed by atoms with Gasteiger partial charge in [-0.3, -0.25) is 9.78 Å². The molecule has 0 radical (unpaired) electrons. The molecule has 0 saturated heterocycles. The summed E-state index contributed by atoms with van der Waals surface area (Å²) in [5.41, 5.74) is 0.603. The van der Waals surface area contributed by atoms with Crippen LogP contribution in [0.15, 0.2) is 29.7 Å². The summed E-state index contributed by atoms with van der Waals surface area (Å²) < 4.78 is 11.0. The zero-order valence-electron chi connectivity index (χ0n) is 13.9. The van der Waals surface area contributed by atoms with Crippen LogP contribution in [0.4, 0.5) is 5.69 Å². The van der Waals surface area contributed by atoms with Gasteiger partial charge in [0.15, 0.2) is 12.0 Å². The van der Waals surface area contributed by atoms with Crippen LogP contribution in [-0.2, 0) is 4.74 Å². The van der Waals surface area contributed by atoms with Gasteiger partial charge in [-0.1, -0.05) is 30.1 Å². The van der Waals surface area contributed by atoms with Crippen LogP contribution in [-0.4, -0.2) is 35.5 Å². The molecule has 0 spiro atoms. The van der Waals surface area contributed by atoms with Gasteiger partial charge in [-0.2, -0.15) is 0 Å². The zero-order valence-corrected chi connectivity index (χ0v) is 16.2. The second kappa shape index (κ2) is 9.24. The van der Waals surface area contributed by atoms with Crippen molar-refractivity contribution >= 4 is 46.6 Å². The summed E-state index contributed by atoms with van der Waals surface area (Å²) in [5, 5.41) is 3.82. The fraction of sp³-hybridized carbons (Fsp3) is 0.312. The molecule has 0 aliphatic rings. The molecule has 0 fully saturated rings. The molecule has 1 atom stereocenters. The van der Waals surface area contributed by atoms with Gasteiger partial charge >= 0.3 is 0 Å². The van der Waals surface area contributed by atoms with Crippen LogP contribution < -0.4 is 10.1 Å². The molecule has 2 rings (SSSR count). The number of methoxy groups -OCH3 is 1. The molecular formula is C16H17Cl2N3O3S. The van der Waals surface area contributed by atoms with Gasteiger partial charge in [-0.15, -0.1) is 11.8 Å². The Morgan fingerprint density at radius 2 is 2.00 bits per heavy atom. The molecule has 0 aliphatic carbocycles. The maximum Gasteiger partial charge on any atom is 0.257 e. The number of anilines is 1. The number of hydrogen-bond acceptors (Lipinski definition) is 6. The summed E-state index contributed by atoms with van der Waals surface area (Å²) in [6.45, 7) is 1.93. The third-order valence-electron chi connectivity index (χ3n) is 3.22. The summed E-state index contributed by atoms with van der Waals surface area (Å²) >= 11 is 13.5. The van der Waals surface area contributed by atoms with Crippen molar-refractivity contribution in [1.82, 2.24) is 9.97 Å². The largest absolute Gasteiger partial charge is 0.462 e. The van der Waals surface area contributed by atoms with Crippen molar-refractivity contribution in [3.63, 3.8) is 0 Å². The standard InChI is InChI=1S/C16H17Cl2N3O3S/c1-4-13(23-2)24-12-5-9(6-20-16(12)25-3)15(22)21-14-10(17)7-19-8-11(14)18/h5-8,13H,4H2,1-3H3,(H,19,21,22). The Kier molecular flexibility index (Phi) is 7.31. The average molecular weight is 402 g/mol. The Hall–Kier alpha value is -1.54. The Labute approximate surface area is 160 Å². The normalized spacial score (nSPS) is 11.9. The van der Waals surface area contributed by atoms with Gasteiger partial charge in [0.2, 0.25) is 0 Å². The first-order valence-electron chi connectivity index (χ1n) is 7.34. The number of pyridine rings is 2. The first-order chi connectivity index (χ1) is 12.0. The number of carbonyl (C=O) groups excluding carboxylic acids is 1. The number of amides is 1. The molecule has 1 N–H and O–H groups in total. The van der Waals surface area contributed by atoms with Crippen molar-refractivity contribution < 1.29 is 14.3 Å². The van der Waals surface area contributed by atoms with Crippen molar-refractivity contribution in [2.24, 2.45) is 0 Å². The number of rotatable bonds is 7. The maximum absolute atomic E-state index is 12.5. The lowest BCUT2D eigenvalue weighted by Crippen LogP contribution is -2.19. The molecule has 0 aliphatic heterocycles. The van der Waals surface area contributed by atoms with Crippen LogP contribution in [0.5, 0.6) is 5.75 Å². The number of ether oxygens (including phenoxy) is 2. The Balaban J connectivity index is 2.28. The van der Waals surface area contributed by atoms with Gasteiger partial charge in [0.05, 0.1) is 21.3 Å². The van der Waals surface area contributed by atoms with E-state index in [2.05, 4.69) is 15.3 Å². The molecule has 1 unspecified atom stereocenters. The van der Waals surface area contributed by atoms with Crippen molar-refractivity contribution in [3.05, 3.63) is 40.3 Å². The van der Waals surface area contributed by atoms with E-state index in [0.717, 1.165) is 0 Å². The Morgan fingerprint density at radius 3 is 2.56 bits per heavy atom. The first kappa shape index (κ1) is 19.8. The highest BCUT2D eigenvalue weighted by molar-refractivity contribution is 7.98. The monoisotopic (exact) mass is 401 g/mol. The summed E-state index contributed by atoms with van der Waals surface area (Å²) in [5.74, 6) is 0.0613. The van der Waals surface area contributed by atoms with E-state index in [0.29, 0.717) is 28.4 Å². The SMILES string of the molecule is CCC(OC)Oc1cc(C(=O)Nc2c(Cl)cncc2Cl)cnc1SC. The van der Waals surface area contributed by atoms with Gasteiger partial charge in [-0.05, 0) is 12.3 Å². The minimum Gasteiger partial charge on any atom is -0.462 e. The number of carbonyl (C=O) groups is 1. The number of nitrogens with zero attached hydrogens (tertiary/aromatic N) is 2. The molecule has 2 aromatic heterocycles. The number of aromatic nitrogens is 2. The van der Waals surface area contributed by atoms with Crippen LogP contribution in [0.1, 0.15) is 23.7 Å². The smallest absolute Gasteiger partial charge is 0.257 e. The van der Waals surface area contributed by atoms with Gasteiger partial charge in [0.25, 0.3) is 5.91 Å². The summed E-state index contributed by atoms with van der Waals surface area (Å²) in [6, 6.07) is 1.61. The van der Waals surface area contributed by atoms with E-state index in [-0.39, 0.29) is 10.0 Å². The summed E-state index contributed by atoms with van der Waals surface area (Å²) in [6.07, 6.45) is 6.37. The van der Waals surface area contributed by atoms with Crippen LogP contribution in [0.2, 0.25) is 10.0 Å². The fourth-order valence-corrected chi connectivity index (χ4v) is 2.88. The number of halogens is 2. The molecule has 9 heteroatoms.